The van der Waals surface area contributed by atoms with Crippen molar-refractivity contribution in [1.29, 1.82) is 0 Å². The quantitative estimate of drug-likeness (QED) is 0.575. The summed E-state index contributed by atoms with van der Waals surface area (Å²) in [4.78, 5) is 26.6. The van der Waals surface area contributed by atoms with E-state index < -0.39 is 11.7 Å². The molecule has 110 valence electrons. The third-order valence-corrected chi connectivity index (χ3v) is 2.62. The van der Waals surface area contributed by atoms with Gasteiger partial charge in [-0.3, -0.25) is 9.59 Å². The lowest BCUT2D eigenvalue weighted by Crippen LogP contribution is -2.32. The molecule has 0 radical (unpaired) electrons. The molecule has 1 heterocycles. The molecular formula is C12H15ClFN3O3. The molecule has 0 fully saturated rings. The van der Waals surface area contributed by atoms with Crippen LogP contribution in [0.4, 0.5) is 4.39 Å². The highest BCUT2D eigenvalue weighted by Gasteiger charge is 2.12. The highest BCUT2D eigenvalue weighted by atomic mass is 35.5. The molecule has 0 aliphatic carbocycles. The average Bonchev–Trinajstić information content (AvgIpc) is 2.41. The van der Waals surface area contributed by atoms with E-state index in [1.54, 1.807) is 0 Å². The van der Waals surface area contributed by atoms with Gasteiger partial charge in [-0.15, -0.1) is 0 Å². The standard InChI is InChI=1S/C12H15ClFN3O3/c1-20-5-4-15-10(18)2-3-16-12(19)9-6-8(14)7-17-11(9)13/h6-7H,2-5H2,1H3,(H,15,18)(H,16,19). The van der Waals surface area contributed by atoms with E-state index in [4.69, 9.17) is 16.3 Å². The van der Waals surface area contributed by atoms with Crippen molar-refractivity contribution in [2.75, 3.05) is 26.8 Å². The van der Waals surface area contributed by atoms with Gasteiger partial charge in [-0.2, -0.15) is 0 Å². The highest BCUT2D eigenvalue weighted by Crippen LogP contribution is 2.13. The molecule has 0 atom stereocenters. The maximum atomic E-state index is 13.0. The van der Waals surface area contributed by atoms with Crippen LogP contribution in [-0.4, -0.2) is 43.6 Å². The number of carbonyl (C=O) groups is 2. The van der Waals surface area contributed by atoms with Crippen LogP contribution in [0.25, 0.3) is 0 Å². The number of amides is 2. The van der Waals surface area contributed by atoms with Gasteiger partial charge < -0.3 is 15.4 Å². The predicted molar refractivity (Wildman–Crippen MR) is 71.0 cm³/mol. The minimum atomic E-state index is -0.656. The fourth-order valence-electron chi connectivity index (χ4n) is 1.35. The zero-order valence-electron chi connectivity index (χ0n) is 10.9. The Kier molecular flexibility index (Phi) is 6.89. The van der Waals surface area contributed by atoms with Gasteiger partial charge in [0.15, 0.2) is 0 Å². The van der Waals surface area contributed by atoms with Gasteiger partial charge >= 0.3 is 0 Å². The van der Waals surface area contributed by atoms with Gasteiger partial charge in [0.05, 0.1) is 18.4 Å². The van der Waals surface area contributed by atoms with Crippen molar-refractivity contribution in [3.05, 3.63) is 28.8 Å². The van der Waals surface area contributed by atoms with Crippen LogP contribution in [0.15, 0.2) is 12.3 Å². The van der Waals surface area contributed by atoms with E-state index in [0.717, 1.165) is 12.3 Å². The number of hydrogen-bond acceptors (Lipinski definition) is 4. The van der Waals surface area contributed by atoms with Crippen LogP contribution in [0.5, 0.6) is 0 Å². The van der Waals surface area contributed by atoms with Crippen molar-refractivity contribution in [3.63, 3.8) is 0 Å². The molecule has 1 rings (SSSR count). The Balaban J connectivity index is 2.36. The molecule has 0 aliphatic heterocycles. The molecule has 2 amide bonds. The average molecular weight is 304 g/mol. The molecule has 20 heavy (non-hydrogen) atoms. The number of carbonyl (C=O) groups excluding carboxylic acids is 2. The van der Waals surface area contributed by atoms with Gasteiger partial charge in [-0.25, -0.2) is 9.37 Å². The smallest absolute Gasteiger partial charge is 0.254 e. The van der Waals surface area contributed by atoms with Crippen LogP contribution in [0.3, 0.4) is 0 Å². The second kappa shape index (κ2) is 8.44. The van der Waals surface area contributed by atoms with E-state index >= 15 is 0 Å². The molecule has 0 saturated heterocycles. The molecule has 0 aliphatic rings. The van der Waals surface area contributed by atoms with Gasteiger partial charge in [-0.1, -0.05) is 11.6 Å². The molecule has 0 saturated carbocycles. The lowest BCUT2D eigenvalue weighted by Gasteiger charge is -2.07. The number of hydrogen-bond donors (Lipinski definition) is 2. The Morgan fingerprint density at radius 3 is 2.85 bits per heavy atom. The van der Waals surface area contributed by atoms with Gasteiger partial charge in [0.1, 0.15) is 11.0 Å². The molecule has 0 bridgehead atoms. The minimum Gasteiger partial charge on any atom is -0.383 e. The normalized spacial score (nSPS) is 10.2. The van der Waals surface area contributed by atoms with Crippen LogP contribution >= 0.6 is 11.6 Å². The lowest BCUT2D eigenvalue weighted by atomic mass is 10.2. The summed E-state index contributed by atoms with van der Waals surface area (Å²) in [6, 6.07) is 0.989. The van der Waals surface area contributed by atoms with Crippen molar-refractivity contribution in [1.82, 2.24) is 15.6 Å². The van der Waals surface area contributed by atoms with Crippen molar-refractivity contribution in [2.45, 2.75) is 6.42 Å². The van der Waals surface area contributed by atoms with Gasteiger partial charge in [0.25, 0.3) is 5.91 Å². The van der Waals surface area contributed by atoms with Gasteiger partial charge in [0.2, 0.25) is 5.91 Å². The molecule has 2 N–H and O–H groups in total. The molecule has 6 nitrogen and oxygen atoms in total. The summed E-state index contributed by atoms with van der Waals surface area (Å²) in [5.41, 5.74) is -0.0635. The van der Waals surface area contributed by atoms with Crippen molar-refractivity contribution in [2.24, 2.45) is 0 Å². The Hall–Kier alpha value is -1.73. The van der Waals surface area contributed by atoms with E-state index in [0.29, 0.717) is 13.2 Å². The third-order valence-electron chi connectivity index (χ3n) is 2.32. The first-order valence-electron chi connectivity index (χ1n) is 5.89. The largest absolute Gasteiger partial charge is 0.383 e. The topological polar surface area (TPSA) is 80.3 Å². The van der Waals surface area contributed by atoms with E-state index in [9.17, 15) is 14.0 Å². The van der Waals surface area contributed by atoms with Crippen LogP contribution in [-0.2, 0) is 9.53 Å². The molecular weight excluding hydrogens is 289 g/mol. The minimum absolute atomic E-state index is 0.0635. The molecule has 0 aromatic carbocycles. The summed E-state index contributed by atoms with van der Waals surface area (Å²) in [6.45, 7) is 0.941. The Labute approximate surface area is 120 Å². The summed E-state index contributed by atoms with van der Waals surface area (Å²) < 4.78 is 17.7. The molecule has 1 aromatic rings. The van der Waals surface area contributed by atoms with Crippen molar-refractivity contribution < 1.29 is 18.7 Å². The summed E-state index contributed by atoms with van der Waals surface area (Å²) in [7, 11) is 1.53. The van der Waals surface area contributed by atoms with Crippen LogP contribution in [0.1, 0.15) is 16.8 Å². The number of aromatic nitrogens is 1. The first kappa shape index (κ1) is 16.3. The first-order chi connectivity index (χ1) is 9.54. The monoisotopic (exact) mass is 303 g/mol. The summed E-state index contributed by atoms with van der Waals surface area (Å²) >= 11 is 5.69. The molecule has 1 aromatic heterocycles. The number of ether oxygens (including phenoxy) is 1. The van der Waals surface area contributed by atoms with E-state index in [2.05, 4.69) is 15.6 Å². The number of rotatable bonds is 7. The number of pyridine rings is 1. The van der Waals surface area contributed by atoms with Gasteiger partial charge in [-0.05, 0) is 6.07 Å². The fraction of sp³-hybridized carbons (Fsp3) is 0.417. The van der Waals surface area contributed by atoms with Crippen LogP contribution in [0, 0.1) is 5.82 Å². The molecule has 8 heteroatoms. The molecule has 0 unspecified atom stereocenters. The number of methoxy groups -OCH3 is 1. The Bertz CT molecular complexity index is 485. The number of nitrogens with zero attached hydrogens (tertiary/aromatic N) is 1. The first-order valence-corrected chi connectivity index (χ1v) is 6.27. The number of nitrogens with one attached hydrogen (secondary N) is 2. The third kappa shape index (κ3) is 5.50. The second-order valence-electron chi connectivity index (χ2n) is 3.84. The lowest BCUT2D eigenvalue weighted by molar-refractivity contribution is -0.121. The predicted octanol–water partition coefficient (Wildman–Crippen LogP) is 0.757. The van der Waals surface area contributed by atoms with E-state index in [-0.39, 0.29) is 29.6 Å². The van der Waals surface area contributed by atoms with Crippen LogP contribution < -0.4 is 10.6 Å². The zero-order chi connectivity index (χ0) is 15.0. The van der Waals surface area contributed by atoms with Crippen LogP contribution in [0.2, 0.25) is 5.15 Å². The second-order valence-corrected chi connectivity index (χ2v) is 4.20. The Morgan fingerprint density at radius 1 is 1.40 bits per heavy atom. The van der Waals surface area contributed by atoms with Crippen molar-refractivity contribution in [3.8, 4) is 0 Å². The SMILES string of the molecule is COCCNC(=O)CCNC(=O)c1cc(F)cnc1Cl. The number of halogens is 2. The van der Waals surface area contributed by atoms with E-state index in [1.807, 2.05) is 0 Å². The maximum absolute atomic E-state index is 13.0. The fourth-order valence-corrected chi connectivity index (χ4v) is 1.54. The van der Waals surface area contributed by atoms with Crippen molar-refractivity contribution >= 4 is 23.4 Å². The van der Waals surface area contributed by atoms with Gasteiger partial charge in [0, 0.05) is 26.6 Å². The summed E-state index contributed by atoms with van der Waals surface area (Å²) in [6.07, 6.45) is 1.03. The molecule has 0 spiro atoms. The highest BCUT2D eigenvalue weighted by molar-refractivity contribution is 6.32. The maximum Gasteiger partial charge on any atom is 0.254 e. The Morgan fingerprint density at radius 2 is 2.15 bits per heavy atom. The zero-order valence-corrected chi connectivity index (χ0v) is 11.7. The summed E-state index contributed by atoms with van der Waals surface area (Å²) in [5, 5.41) is 4.98. The summed E-state index contributed by atoms with van der Waals surface area (Å²) in [5.74, 6) is -1.45. The van der Waals surface area contributed by atoms with E-state index in [1.165, 1.54) is 7.11 Å².